The highest BCUT2D eigenvalue weighted by Crippen LogP contribution is 2.10. The van der Waals surface area contributed by atoms with Crippen molar-refractivity contribution in [1.82, 2.24) is 15.3 Å². The van der Waals surface area contributed by atoms with Gasteiger partial charge in [-0.25, -0.2) is 4.98 Å². The molecular formula is C14H17N5O2. The van der Waals surface area contributed by atoms with Gasteiger partial charge >= 0.3 is 0 Å². The number of oxime groups is 1. The summed E-state index contributed by atoms with van der Waals surface area (Å²) in [5.74, 6) is -0.518. The van der Waals surface area contributed by atoms with Crippen LogP contribution in [0.1, 0.15) is 11.4 Å². The Morgan fingerprint density at radius 1 is 1.43 bits per heavy atom. The van der Waals surface area contributed by atoms with E-state index in [9.17, 15) is 4.79 Å². The van der Waals surface area contributed by atoms with Crippen LogP contribution in [-0.2, 0) is 17.8 Å². The van der Waals surface area contributed by atoms with Gasteiger partial charge in [-0.2, -0.15) is 0 Å². The molecule has 2 rings (SSSR count). The Balaban J connectivity index is 2.03. The van der Waals surface area contributed by atoms with Gasteiger partial charge in [-0.05, 0) is 12.0 Å². The highest BCUT2D eigenvalue weighted by atomic mass is 16.4. The van der Waals surface area contributed by atoms with Crippen molar-refractivity contribution >= 4 is 11.7 Å². The smallest absolute Gasteiger partial charge is 0.231 e. The maximum absolute atomic E-state index is 12.2. The number of benzene rings is 1. The Labute approximate surface area is 121 Å². The Hall–Kier alpha value is -2.83. The van der Waals surface area contributed by atoms with Crippen molar-refractivity contribution in [2.24, 2.45) is 16.8 Å². The molecule has 1 amide bonds. The van der Waals surface area contributed by atoms with E-state index in [0.717, 1.165) is 5.56 Å². The molecule has 0 saturated carbocycles. The SMILES string of the molecule is NC(=NO)C(Cc1ccccc1)C(=O)NCc1ncc[nH]1. The molecule has 1 atom stereocenters. The van der Waals surface area contributed by atoms with Crippen LogP contribution in [0.3, 0.4) is 0 Å². The zero-order valence-electron chi connectivity index (χ0n) is 11.4. The van der Waals surface area contributed by atoms with Crippen LogP contribution in [0.2, 0.25) is 0 Å². The van der Waals surface area contributed by atoms with Gasteiger partial charge in [0.15, 0.2) is 5.84 Å². The van der Waals surface area contributed by atoms with Gasteiger partial charge in [0, 0.05) is 12.4 Å². The largest absolute Gasteiger partial charge is 0.409 e. The molecule has 1 aromatic heterocycles. The van der Waals surface area contributed by atoms with Gasteiger partial charge in [-0.3, -0.25) is 4.79 Å². The first-order chi connectivity index (χ1) is 10.2. The number of nitrogens with zero attached hydrogens (tertiary/aromatic N) is 2. The maximum Gasteiger partial charge on any atom is 0.231 e. The van der Waals surface area contributed by atoms with E-state index in [1.807, 2.05) is 30.3 Å². The lowest BCUT2D eigenvalue weighted by Crippen LogP contribution is -2.40. The van der Waals surface area contributed by atoms with Crippen LogP contribution in [0.5, 0.6) is 0 Å². The molecule has 1 aromatic carbocycles. The fraction of sp³-hybridized carbons (Fsp3) is 0.214. The van der Waals surface area contributed by atoms with E-state index in [4.69, 9.17) is 10.9 Å². The fourth-order valence-electron chi connectivity index (χ4n) is 1.94. The molecule has 5 N–H and O–H groups in total. The van der Waals surface area contributed by atoms with E-state index in [1.165, 1.54) is 0 Å². The highest BCUT2D eigenvalue weighted by molar-refractivity contribution is 6.02. The molecule has 0 aliphatic rings. The van der Waals surface area contributed by atoms with Crippen LogP contribution in [-0.4, -0.2) is 26.9 Å². The number of carbonyl (C=O) groups is 1. The highest BCUT2D eigenvalue weighted by Gasteiger charge is 2.23. The number of rotatable bonds is 6. The van der Waals surface area contributed by atoms with Crippen molar-refractivity contribution in [3.8, 4) is 0 Å². The number of carbonyl (C=O) groups excluding carboxylic acids is 1. The number of H-pyrrole nitrogens is 1. The molecular weight excluding hydrogens is 270 g/mol. The van der Waals surface area contributed by atoms with Crippen molar-refractivity contribution in [3.05, 3.63) is 54.1 Å². The number of amidine groups is 1. The summed E-state index contributed by atoms with van der Waals surface area (Å²) in [5.41, 5.74) is 6.56. The Bertz CT molecular complexity index is 595. The normalized spacial score (nSPS) is 12.9. The van der Waals surface area contributed by atoms with Crippen LogP contribution >= 0.6 is 0 Å². The van der Waals surface area contributed by atoms with Gasteiger partial charge in [-0.1, -0.05) is 35.5 Å². The zero-order chi connectivity index (χ0) is 15.1. The van der Waals surface area contributed by atoms with Crippen molar-refractivity contribution in [2.45, 2.75) is 13.0 Å². The summed E-state index contributed by atoms with van der Waals surface area (Å²) >= 11 is 0. The predicted octanol–water partition coefficient (Wildman–Crippen LogP) is 0.631. The predicted molar refractivity (Wildman–Crippen MR) is 77.5 cm³/mol. The Morgan fingerprint density at radius 2 is 2.19 bits per heavy atom. The first-order valence-electron chi connectivity index (χ1n) is 6.48. The van der Waals surface area contributed by atoms with E-state index in [0.29, 0.717) is 12.2 Å². The zero-order valence-corrected chi connectivity index (χ0v) is 11.4. The number of amides is 1. The van der Waals surface area contributed by atoms with Crippen molar-refractivity contribution in [2.75, 3.05) is 0 Å². The van der Waals surface area contributed by atoms with E-state index in [2.05, 4.69) is 20.4 Å². The summed E-state index contributed by atoms with van der Waals surface area (Å²) in [6.07, 6.45) is 3.64. The molecule has 110 valence electrons. The second-order valence-corrected chi connectivity index (χ2v) is 4.52. The third-order valence-electron chi connectivity index (χ3n) is 3.06. The molecule has 0 aliphatic heterocycles. The van der Waals surface area contributed by atoms with Crippen LogP contribution in [0.15, 0.2) is 47.9 Å². The van der Waals surface area contributed by atoms with Crippen LogP contribution < -0.4 is 11.1 Å². The van der Waals surface area contributed by atoms with Gasteiger partial charge in [0.1, 0.15) is 11.7 Å². The van der Waals surface area contributed by atoms with Crippen molar-refractivity contribution in [3.63, 3.8) is 0 Å². The molecule has 0 saturated heterocycles. The average molecular weight is 287 g/mol. The number of imidazole rings is 1. The second-order valence-electron chi connectivity index (χ2n) is 4.52. The molecule has 0 bridgehead atoms. The van der Waals surface area contributed by atoms with E-state index < -0.39 is 5.92 Å². The minimum absolute atomic E-state index is 0.115. The average Bonchev–Trinajstić information content (AvgIpc) is 3.04. The van der Waals surface area contributed by atoms with Crippen molar-refractivity contribution in [1.29, 1.82) is 0 Å². The summed E-state index contributed by atoms with van der Waals surface area (Å²) in [5, 5.41) is 14.5. The molecule has 0 radical (unpaired) electrons. The van der Waals surface area contributed by atoms with Gasteiger partial charge in [-0.15, -0.1) is 0 Å². The lowest BCUT2D eigenvalue weighted by atomic mass is 9.97. The van der Waals surface area contributed by atoms with E-state index >= 15 is 0 Å². The van der Waals surface area contributed by atoms with Crippen LogP contribution in [0.25, 0.3) is 0 Å². The summed E-state index contributed by atoms with van der Waals surface area (Å²) in [4.78, 5) is 19.1. The molecule has 7 heteroatoms. The molecule has 7 nitrogen and oxygen atoms in total. The van der Waals surface area contributed by atoms with Gasteiger partial charge in [0.05, 0.1) is 6.54 Å². The molecule has 1 unspecified atom stereocenters. The summed E-state index contributed by atoms with van der Waals surface area (Å²) in [6, 6.07) is 9.41. The van der Waals surface area contributed by atoms with E-state index in [-0.39, 0.29) is 18.3 Å². The molecule has 0 aliphatic carbocycles. The van der Waals surface area contributed by atoms with Crippen molar-refractivity contribution < 1.29 is 10.0 Å². The first-order valence-corrected chi connectivity index (χ1v) is 6.48. The summed E-state index contributed by atoms with van der Waals surface area (Å²) < 4.78 is 0. The monoisotopic (exact) mass is 287 g/mol. The van der Waals surface area contributed by atoms with Gasteiger partial charge < -0.3 is 21.2 Å². The molecule has 2 aromatic rings. The molecule has 0 spiro atoms. The maximum atomic E-state index is 12.2. The quantitative estimate of drug-likeness (QED) is 0.270. The summed E-state index contributed by atoms with van der Waals surface area (Å²) in [7, 11) is 0. The van der Waals surface area contributed by atoms with Gasteiger partial charge in [0.2, 0.25) is 5.91 Å². The third-order valence-corrected chi connectivity index (χ3v) is 3.06. The fourth-order valence-corrected chi connectivity index (χ4v) is 1.94. The molecule has 21 heavy (non-hydrogen) atoms. The number of hydrogen-bond donors (Lipinski definition) is 4. The lowest BCUT2D eigenvalue weighted by Gasteiger charge is -2.15. The second kappa shape index (κ2) is 7.09. The topological polar surface area (TPSA) is 116 Å². The minimum atomic E-state index is -0.729. The molecule has 0 fully saturated rings. The first kappa shape index (κ1) is 14.6. The standard InChI is InChI=1S/C14H17N5O2/c15-13(19-21)11(8-10-4-2-1-3-5-10)14(20)18-9-12-16-6-7-17-12/h1-7,11,21H,8-9H2,(H2,15,19)(H,16,17)(H,18,20). The van der Waals surface area contributed by atoms with Gasteiger partial charge in [0.25, 0.3) is 0 Å². The third kappa shape index (κ3) is 4.07. The Kier molecular flexibility index (Phi) is 4.92. The minimum Gasteiger partial charge on any atom is -0.409 e. The summed E-state index contributed by atoms with van der Waals surface area (Å²) in [6.45, 7) is 0.260. The number of aromatic nitrogens is 2. The lowest BCUT2D eigenvalue weighted by molar-refractivity contribution is -0.123. The van der Waals surface area contributed by atoms with Crippen LogP contribution in [0.4, 0.5) is 0 Å². The Morgan fingerprint density at radius 3 is 2.81 bits per heavy atom. The number of hydrogen-bond acceptors (Lipinski definition) is 4. The van der Waals surface area contributed by atoms with E-state index in [1.54, 1.807) is 12.4 Å². The van der Waals surface area contributed by atoms with Crippen LogP contribution in [0, 0.1) is 5.92 Å². The number of nitrogens with two attached hydrogens (primary N) is 1. The number of nitrogens with one attached hydrogen (secondary N) is 2. The molecule has 1 heterocycles. The number of aromatic amines is 1.